The lowest BCUT2D eigenvalue weighted by Gasteiger charge is -2.29. The third-order valence-corrected chi connectivity index (χ3v) is 3.96. The molecule has 1 aromatic rings. The van der Waals surface area contributed by atoms with E-state index < -0.39 is 5.60 Å². The van der Waals surface area contributed by atoms with Crippen molar-refractivity contribution in [2.24, 2.45) is 0 Å². The highest BCUT2D eigenvalue weighted by Gasteiger charge is 2.20. The summed E-state index contributed by atoms with van der Waals surface area (Å²) in [4.78, 5) is 14.3. The van der Waals surface area contributed by atoms with Crippen LogP contribution in [0, 0.1) is 0 Å². The lowest BCUT2D eigenvalue weighted by Crippen LogP contribution is -2.33. The lowest BCUT2D eigenvalue weighted by atomic mass is 10.1. The Labute approximate surface area is 124 Å². The Morgan fingerprint density at radius 3 is 2.50 bits per heavy atom. The molecule has 0 unspecified atom stereocenters. The van der Waals surface area contributed by atoms with E-state index in [9.17, 15) is 4.79 Å². The number of nitrogen functional groups attached to an aromatic ring is 1. The van der Waals surface area contributed by atoms with Crippen molar-refractivity contribution >= 4 is 29.1 Å². The molecule has 5 heteroatoms. The van der Waals surface area contributed by atoms with Gasteiger partial charge in [0, 0.05) is 24.6 Å². The molecule has 1 saturated heterocycles. The smallest absolute Gasteiger partial charge is 0.338 e. The van der Waals surface area contributed by atoms with E-state index in [1.807, 2.05) is 38.6 Å². The topological polar surface area (TPSA) is 55.6 Å². The van der Waals surface area contributed by atoms with Gasteiger partial charge in [0.05, 0.1) is 16.9 Å². The van der Waals surface area contributed by atoms with Crippen LogP contribution < -0.4 is 10.6 Å². The van der Waals surface area contributed by atoms with E-state index in [2.05, 4.69) is 4.90 Å². The predicted octanol–water partition coefficient (Wildman–Crippen LogP) is 2.78. The molecule has 1 aromatic carbocycles. The summed E-state index contributed by atoms with van der Waals surface area (Å²) in [6.07, 6.45) is 0. The summed E-state index contributed by atoms with van der Waals surface area (Å²) in [6, 6.07) is 5.43. The van der Waals surface area contributed by atoms with Crippen LogP contribution in [-0.2, 0) is 4.74 Å². The molecule has 1 aliphatic heterocycles. The van der Waals surface area contributed by atoms with Crippen LogP contribution in [0.2, 0.25) is 0 Å². The van der Waals surface area contributed by atoms with Gasteiger partial charge in [0.2, 0.25) is 0 Å². The van der Waals surface area contributed by atoms with Crippen molar-refractivity contribution in [3.05, 3.63) is 23.8 Å². The lowest BCUT2D eigenvalue weighted by molar-refractivity contribution is 0.00696. The normalized spacial score (nSPS) is 16.1. The highest BCUT2D eigenvalue weighted by atomic mass is 32.2. The molecule has 0 bridgehead atoms. The monoisotopic (exact) mass is 294 g/mol. The minimum atomic E-state index is -0.491. The molecule has 1 aliphatic rings. The van der Waals surface area contributed by atoms with E-state index in [0.717, 1.165) is 30.3 Å². The largest absolute Gasteiger partial charge is 0.456 e. The number of rotatable bonds is 2. The van der Waals surface area contributed by atoms with Crippen molar-refractivity contribution in [3.63, 3.8) is 0 Å². The standard InChI is InChI=1S/C15H22N2O2S/c1-15(2,3)19-14(18)11-4-5-13(12(16)10-11)17-6-8-20-9-7-17/h4-5,10H,6-9,16H2,1-3H3. The second kappa shape index (κ2) is 5.95. The number of anilines is 2. The maximum absolute atomic E-state index is 12.0. The Morgan fingerprint density at radius 1 is 1.30 bits per heavy atom. The number of carbonyl (C=O) groups is 1. The number of ether oxygens (including phenoxy) is 1. The van der Waals surface area contributed by atoms with Crippen LogP contribution in [0.15, 0.2) is 18.2 Å². The summed E-state index contributed by atoms with van der Waals surface area (Å²) in [5, 5.41) is 0. The Hall–Kier alpha value is -1.36. The maximum Gasteiger partial charge on any atom is 0.338 e. The van der Waals surface area contributed by atoms with Crippen LogP contribution in [0.25, 0.3) is 0 Å². The van der Waals surface area contributed by atoms with Gasteiger partial charge >= 0.3 is 5.97 Å². The third kappa shape index (κ3) is 3.82. The average molecular weight is 294 g/mol. The van der Waals surface area contributed by atoms with Crippen molar-refractivity contribution in [1.82, 2.24) is 0 Å². The van der Waals surface area contributed by atoms with Gasteiger partial charge in [-0.3, -0.25) is 0 Å². The molecule has 0 atom stereocenters. The van der Waals surface area contributed by atoms with Gasteiger partial charge in [0.1, 0.15) is 5.60 Å². The number of nitrogens with zero attached hydrogens (tertiary/aromatic N) is 1. The number of benzene rings is 1. The van der Waals surface area contributed by atoms with Gasteiger partial charge in [-0.05, 0) is 39.0 Å². The van der Waals surface area contributed by atoms with Crippen LogP contribution in [0.1, 0.15) is 31.1 Å². The van der Waals surface area contributed by atoms with Crippen LogP contribution in [0.4, 0.5) is 11.4 Å². The Bertz CT molecular complexity index is 491. The first-order valence-corrected chi connectivity index (χ1v) is 7.98. The summed E-state index contributed by atoms with van der Waals surface area (Å²) in [7, 11) is 0. The number of hydrogen-bond donors (Lipinski definition) is 1. The van der Waals surface area contributed by atoms with Gasteiger partial charge in [0.25, 0.3) is 0 Å². The fraction of sp³-hybridized carbons (Fsp3) is 0.533. The molecule has 1 fully saturated rings. The van der Waals surface area contributed by atoms with Crippen molar-refractivity contribution in [2.75, 3.05) is 35.2 Å². The number of esters is 1. The maximum atomic E-state index is 12.0. The first kappa shape index (κ1) is 15.0. The summed E-state index contributed by atoms with van der Waals surface area (Å²) >= 11 is 1.96. The fourth-order valence-corrected chi connectivity index (χ4v) is 3.01. The molecule has 4 nitrogen and oxygen atoms in total. The van der Waals surface area contributed by atoms with Crippen molar-refractivity contribution in [2.45, 2.75) is 26.4 Å². The van der Waals surface area contributed by atoms with E-state index in [-0.39, 0.29) is 5.97 Å². The van der Waals surface area contributed by atoms with Crippen molar-refractivity contribution < 1.29 is 9.53 Å². The van der Waals surface area contributed by atoms with E-state index in [1.165, 1.54) is 0 Å². The van der Waals surface area contributed by atoms with Gasteiger partial charge in [-0.1, -0.05) is 0 Å². The first-order chi connectivity index (χ1) is 9.37. The van der Waals surface area contributed by atoms with E-state index in [0.29, 0.717) is 11.3 Å². The highest BCUT2D eigenvalue weighted by molar-refractivity contribution is 7.99. The van der Waals surface area contributed by atoms with Gasteiger partial charge in [-0.2, -0.15) is 11.8 Å². The summed E-state index contributed by atoms with van der Waals surface area (Å²) < 4.78 is 5.35. The Kier molecular flexibility index (Phi) is 4.48. The van der Waals surface area contributed by atoms with Gasteiger partial charge in [-0.15, -0.1) is 0 Å². The SMILES string of the molecule is CC(C)(C)OC(=O)c1ccc(N2CCSCC2)c(N)c1. The van der Waals surface area contributed by atoms with Crippen LogP contribution in [-0.4, -0.2) is 36.2 Å². The second-order valence-corrected chi connectivity index (χ2v) is 7.10. The molecule has 0 amide bonds. The van der Waals surface area contributed by atoms with Crippen molar-refractivity contribution in [3.8, 4) is 0 Å². The minimum Gasteiger partial charge on any atom is -0.456 e. The number of carbonyl (C=O) groups excluding carboxylic acids is 1. The van der Waals surface area contributed by atoms with Crippen LogP contribution in [0.5, 0.6) is 0 Å². The molecule has 2 N–H and O–H groups in total. The molecule has 0 radical (unpaired) electrons. The molecule has 110 valence electrons. The molecular weight excluding hydrogens is 272 g/mol. The molecule has 2 rings (SSSR count). The molecule has 0 aliphatic carbocycles. The zero-order valence-electron chi connectivity index (χ0n) is 12.3. The number of hydrogen-bond acceptors (Lipinski definition) is 5. The highest BCUT2D eigenvalue weighted by Crippen LogP contribution is 2.27. The fourth-order valence-electron chi connectivity index (χ4n) is 2.11. The molecule has 20 heavy (non-hydrogen) atoms. The van der Waals surface area contributed by atoms with Crippen LogP contribution in [0.3, 0.4) is 0 Å². The zero-order valence-corrected chi connectivity index (χ0v) is 13.1. The van der Waals surface area contributed by atoms with E-state index >= 15 is 0 Å². The number of nitrogens with two attached hydrogens (primary N) is 1. The third-order valence-electron chi connectivity index (χ3n) is 3.01. The molecule has 0 saturated carbocycles. The average Bonchev–Trinajstić information content (AvgIpc) is 2.37. The Morgan fingerprint density at radius 2 is 1.95 bits per heavy atom. The first-order valence-electron chi connectivity index (χ1n) is 6.82. The van der Waals surface area contributed by atoms with Gasteiger partial charge < -0.3 is 15.4 Å². The molecular formula is C15H22N2O2S. The minimum absolute atomic E-state index is 0.329. The predicted molar refractivity (Wildman–Crippen MR) is 85.6 cm³/mol. The second-order valence-electron chi connectivity index (χ2n) is 5.87. The number of thioether (sulfide) groups is 1. The van der Waals surface area contributed by atoms with Crippen molar-refractivity contribution in [1.29, 1.82) is 0 Å². The van der Waals surface area contributed by atoms with Gasteiger partial charge in [-0.25, -0.2) is 4.79 Å². The van der Waals surface area contributed by atoms with Gasteiger partial charge in [0.15, 0.2) is 0 Å². The summed E-state index contributed by atoms with van der Waals surface area (Å²) in [5.41, 5.74) is 7.76. The summed E-state index contributed by atoms with van der Waals surface area (Å²) in [5.74, 6) is 1.91. The molecule has 0 spiro atoms. The molecule has 1 heterocycles. The van der Waals surface area contributed by atoms with Crippen LogP contribution >= 0.6 is 11.8 Å². The zero-order chi connectivity index (χ0) is 14.8. The van der Waals surface area contributed by atoms with E-state index in [1.54, 1.807) is 12.1 Å². The molecule has 0 aromatic heterocycles. The van der Waals surface area contributed by atoms with E-state index in [4.69, 9.17) is 10.5 Å². The summed E-state index contributed by atoms with van der Waals surface area (Å²) in [6.45, 7) is 7.57. The Balaban J connectivity index is 2.14. The quantitative estimate of drug-likeness (QED) is 0.671.